The third kappa shape index (κ3) is 2.57. The Morgan fingerprint density at radius 3 is 2.68 bits per heavy atom. The van der Waals surface area contributed by atoms with Crippen LogP contribution in [0.3, 0.4) is 0 Å². The van der Waals surface area contributed by atoms with Gasteiger partial charge in [0.05, 0.1) is 5.25 Å². The van der Waals surface area contributed by atoms with E-state index in [9.17, 15) is 16.8 Å². The number of hydrogen-bond donors (Lipinski definition) is 2. The van der Waals surface area contributed by atoms with Gasteiger partial charge < -0.3 is 5.32 Å². The van der Waals surface area contributed by atoms with Crippen molar-refractivity contribution < 1.29 is 16.8 Å². The summed E-state index contributed by atoms with van der Waals surface area (Å²) in [6.45, 7) is 4.23. The van der Waals surface area contributed by atoms with Gasteiger partial charge in [0.25, 0.3) is 0 Å². The van der Waals surface area contributed by atoms with E-state index in [4.69, 9.17) is 5.14 Å². The lowest BCUT2D eigenvalue weighted by molar-refractivity contribution is 0.477. The molecule has 6 nitrogen and oxygen atoms in total. The second kappa shape index (κ2) is 4.81. The van der Waals surface area contributed by atoms with E-state index in [1.54, 1.807) is 6.92 Å². The van der Waals surface area contributed by atoms with Crippen molar-refractivity contribution in [3.05, 3.63) is 11.6 Å². The highest BCUT2D eigenvalue weighted by Crippen LogP contribution is 2.42. The first-order valence-corrected chi connectivity index (χ1v) is 9.72. The number of nitrogens with two attached hydrogens (primary N) is 1. The molecule has 0 saturated heterocycles. The van der Waals surface area contributed by atoms with Gasteiger partial charge >= 0.3 is 0 Å². The molecule has 3 N–H and O–H groups in total. The maximum atomic E-state index is 12.2. The number of nitrogens with one attached hydrogen (secondary N) is 1. The maximum absolute atomic E-state index is 12.2. The number of sulfone groups is 1. The Kier molecular flexibility index (Phi) is 3.78. The molecule has 0 aliphatic carbocycles. The van der Waals surface area contributed by atoms with Crippen molar-refractivity contribution in [3.63, 3.8) is 0 Å². The number of thiophene rings is 1. The van der Waals surface area contributed by atoms with E-state index in [-0.39, 0.29) is 14.5 Å². The summed E-state index contributed by atoms with van der Waals surface area (Å²) in [5.74, 6) is 0. The predicted octanol–water partition coefficient (Wildman–Crippen LogP) is 0.612. The molecular formula is C10H16N2O4S3. The molecule has 19 heavy (non-hydrogen) atoms. The zero-order valence-electron chi connectivity index (χ0n) is 10.6. The molecule has 1 unspecified atom stereocenters. The Hall–Kier alpha value is -0.480. The minimum Gasteiger partial charge on any atom is -0.310 e. The van der Waals surface area contributed by atoms with Gasteiger partial charge in [-0.2, -0.15) is 0 Å². The van der Waals surface area contributed by atoms with Crippen LogP contribution < -0.4 is 10.5 Å². The fourth-order valence-electron chi connectivity index (χ4n) is 2.18. The molecule has 9 heteroatoms. The van der Waals surface area contributed by atoms with Gasteiger partial charge in [-0.15, -0.1) is 11.3 Å². The van der Waals surface area contributed by atoms with Crippen molar-refractivity contribution in [2.45, 2.75) is 40.0 Å². The van der Waals surface area contributed by atoms with Gasteiger partial charge in [0.2, 0.25) is 10.0 Å². The quantitative estimate of drug-likeness (QED) is 0.847. The first-order valence-electron chi connectivity index (χ1n) is 5.81. The van der Waals surface area contributed by atoms with Crippen LogP contribution in [0.15, 0.2) is 14.5 Å². The van der Waals surface area contributed by atoms with Crippen molar-refractivity contribution in [2.24, 2.45) is 5.14 Å². The normalized spacial score (nSPS) is 26.1. The van der Waals surface area contributed by atoms with Gasteiger partial charge in [-0.1, -0.05) is 6.92 Å². The first-order chi connectivity index (χ1) is 8.67. The zero-order valence-corrected chi connectivity index (χ0v) is 13.0. The van der Waals surface area contributed by atoms with Crippen LogP contribution in [0.2, 0.25) is 0 Å². The molecule has 1 aromatic heterocycles. The SMILES string of the molecule is CCN[C@H]1CC(C)S(=O)(=O)c2sc(S(N)(=O)=O)cc21. The fourth-order valence-corrected chi connectivity index (χ4v) is 6.60. The van der Waals surface area contributed by atoms with Crippen molar-refractivity contribution >= 4 is 31.2 Å². The Bertz CT molecular complexity index is 690. The number of sulfonamides is 1. The van der Waals surface area contributed by atoms with Gasteiger partial charge in [-0.3, -0.25) is 0 Å². The summed E-state index contributed by atoms with van der Waals surface area (Å²) in [6.07, 6.45) is 0.434. The molecule has 0 aromatic carbocycles. The summed E-state index contributed by atoms with van der Waals surface area (Å²) in [6, 6.07) is 1.23. The largest absolute Gasteiger partial charge is 0.310 e. The Morgan fingerprint density at radius 1 is 1.53 bits per heavy atom. The molecule has 2 rings (SSSR count). The van der Waals surface area contributed by atoms with Crippen LogP contribution in [0.4, 0.5) is 0 Å². The monoisotopic (exact) mass is 324 g/mol. The Morgan fingerprint density at radius 2 is 2.16 bits per heavy atom. The summed E-state index contributed by atoms with van der Waals surface area (Å²) in [4.78, 5) is 0. The van der Waals surface area contributed by atoms with E-state index in [1.807, 2.05) is 6.92 Å². The summed E-state index contributed by atoms with van der Waals surface area (Å²) < 4.78 is 47.3. The highest BCUT2D eigenvalue weighted by molar-refractivity contribution is 7.95. The van der Waals surface area contributed by atoms with E-state index >= 15 is 0 Å². The lowest BCUT2D eigenvalue weighted by Crippen LogP contribution is -2.33. The van der Waals surface area contributed by atoms with Crippen molar-refractivity contribution in [1.29, 1.82) is 0 Å². The minimum atomic E-state index is -3.88. The van der Waals surface area contributed by atoms with Crippen molar-refractivity contribution in [2.75, 3.05) is 6.54 Å². The van der Waals surface area contributed by atoms with Crippen LogP contribution in [-0.4, -0.2) is 28.6 Å². The summed E-state index contributed by atoms with van der Waals surface area (Å²) >= 11 is 0.742. The van der Waals surface area contributed by atoms with Gasteiger partial charge in [0.15, 0.2) is 9.84 Å². The van der Waals surface area contributed by atoms with E-state index in [2.05, 4.69) is 5.32 Å². The molecule has 0 amide bonds. The molecule has 2 heterocycles. The van der Waals surface area contributed by atoms with E-state index in [1.165, 1.54) is 6.07 Å². The van der Waals surface area contributed by atoms with Gasteiger partial charge in [-0.25, -0.2) is 22.0 Å². The first kappa shape index (κ1) is 14.9. The number of primary sulfonamides is 1. The van der Waals surface area contributed by atoms with Gasteiger partial charge in [0, 0.05) is 11.6 Å². The van der Waals surface area contributed by atoms with Gasteiger partial charge in [-0.05, 0) is 26.0 Å². The fraction of sp³-hybridized carbons (Fsp3) is 0.600. The summed E-state index contributed by atoms with van der Waals surface area (Å²) in [5, 5.41) is 7.73. The third-order valence-corrected chi connectivity index (χ3v) is 8.48. The average molecular weight is 324 g/mol. The molecule has 0 fully saturated rings. The highest BCUT2D eigenvalue weighted by atomic mass is 32.3. The molecule has 0 saturated carbocycles. The van der Waals surface area contributed by atoms with E-state index in [0.717, 1.165) is 11.3 Å². The molecule has 1 aliphatic heterocycles. The Balaban J connectivity index is 2.64. The van der Waals surface area contributed by atoms with Crippen LogP contribution >= 0.6 is 11.3 Å². The highest BCUT2D eigenvalue weighted by Gasteiger charge is 2.39. The molecule has 0 spiro atoms. The number of fused-ring (bicyclic) bond motifs is 1. The average Bonchev–Trinajstić information content (AvgIpc) is 2.72. The lowest BCUT2D eigenvalue weighted by atomic mass is 10.1. The van der Waals surface area contributed by atoms with Crippen LogP contribution in [0.1, 0.15) is 31.9 Å². The van der Waals surface area contributed by atoms with E-state index < -0.39 is 25.1 Å². The summed E-state index contributed by atoms with van der Waals surface area (Å²) in [5.41, 5.74) is 0.522. The smallest absolute Gasteiger partial charge is 0.247 e. The number of hydrogen-bond acceptors (Lipinski definition) is 6. The third-order valence-electron chi connectivity index (χ3n) is 3.16. The molecular weight excluding hydrogens is 308 g/mol. The minimum absolute atomic E-state index is 0.0990. The molecule has 1 aromatic rings. The summed E-state index contributed by atoms with van der Waals surface area (Å²) in [7, 11) is -7.33. The predicted molar refractivity (Wildman–Crippen MR) is 73.4 cm³/mol. The van der Waals surface area contributed by atoms with Gasteiger partial charge in [0.1, 0.15) is 8.42 Å². The Labute approximate surface area is 117 Å². The van der Waals surface area contributed by atoms with Crippen LogP contribution in [0, 0.1) is 0 Å². The zero-order chi connectivity index (χ0) is 14.4. The van der Waals surface area contributed by atoms with Crippen molar-refractivity contribution in [1.82, 2.24) is 5.32 Å². The molecule has 108 valence electrons. The van der Waals surface area contributed by atoms with Crippen LogP contribution in [0.25, 0.3) is 0 Å². The number of rotatable bonds is 3. The second-order valence-corrected chi connectivity index (χ2v) is 9.96. The van der Waals surface area contributed by atoms with Crippen molar-refractivity contribution in [3.8, 4) is 0 Å². The van der Waals surface area contributed by atoms with Crippen LogP contribution in [0.5, 0.6) is 0 Å². The standard InChI is InChI=1S/C10H16N2O4S3/c1-3-12-8-4-6(2)18(13,14)10-7(8)5-9(17-10)19(11,15)16/h5-6,8,12H,3-4H2,1-2H3,(H2,11,15,16)/t6?,8-/m0/s1. The van der Waals surface area contributed by atoms with E-state index in [0.29, 0.717) is 18.5 Å². The molecule has 0 bridgehead atoms. The van der Waals surface area contributed by atoms with Crippen LogP contribution in [-0.2, 0) is 19.9 Å². The molecule has 2 atom stereocenters. The molecule has 0 radical (unpaired) electrons. The molecule has 1 aliphatic rings. The maximum Gasteiger partial charge on any atom is 0.247 e. The topological polar surface area (TPSA) is 106 Å². The lowest BCUT2D eigenvalue weighted by Gasteiger charge is -2.27. The second-order valence-electron chi connectivity index (χ2n) is 4.55.